The number of aromatic amines is 1. The van der Waals surface area contributed by atoms with E-state index in [1.165, 1.54) is 18.5 Å². The van der Waals surface area contributed by atoms with E-state index in [9.17, 15) is 39.0 Å². The molecule has 6 N–H and O–H groups in total. The van der Waals surface area contributed by atoms with Crippen molar-refractivity contribution in [3.05, 3.63) is 83.9 Å². The van der Waals surface area contributed by atoms with Crippen LogP contribution in [0.15, 0.2) is 67.1 Å². The van der Waals surface area contributed by atoms with E-state index in [4.69, 9.17) is 5.73 Å². The highest BCUT2D eigenvalue weighted by Gasteiger charge is 2.37. The first-order valence-corrected chi connectivity index (χ1v) is 20.6. The predicted octanol–water partition coefficient (Wildman–Crippen LogP) is 5.10. The van der Waals surface area contributed by atoms with Crippen LogP contribution in [0, 0.1) is 35.5 Å². The summed E-state index contributed by atoms with van der Waals surface area (Å²) >= 11 is 0. The third kappa shape index (κ3) is 13.7. The van der Waals surface area contributed by atoms with Gasteiger partial charge in [0.15, 0.2) is 11.6 Å². The number of carboxylic acids is 1. The number of carboxylic acid groups (broad SMARTS) is 1. The minimum Gasteiger partial charge on any atom is -0.508 e. The number of piperidine rings is 1. The molecule has 7 atom stereocenters. The number of rotatable bonds is 23. The van der Waals surface area contributed by atoms with Crippen molar-refractivity contribution in [2.24, 2.45) is 41.2 Å². The summed E-state index contributed by atoms with van der Waals surface area (Å²) in [6, 6.07) is 14.2. The minimum absolute atomic E-state index is 0.0687. The Kier molecular flexibility index (Phi) is 17.4. The molecule has 1 aromatic heterocycles. The molecule has 2 heterocycles. The number of phenols is 1. The average molecular weight is 800 g/mol. The lowest BCUT2D eigenvalue weighted by molar-refractivity contribution is -0.142. The standard InChI is InChI=1S/C45H61N5O8/c1-5-29(4)43(49-44(57)34(23-39(53)42(46)28(2)3)19-31-13-15-37(51)16-14-31)40(54)24-35(22-36-25-47-27-48-36)45(58)50-17-9-12-33(26-50)38(52)20-32(21-41(55)56)18-30-10-7-6-8-11-30/h6-8,10-11,13-16,25,27-29,32-35,42-43,51H,5,9,12,17-24,26,46H2,1-4H3,(H,47,48)(H,49,57)(H,55,56)/t29?,32-,33-,34-,35-,42+,43+/m1/s1. The van der Waals surface area contributed by atoms with Gasteiger partial charge < -0.3 is 31.1 Å². The third-order valence-electron chi connectivity index (χ3n) is 11.5. The van der Waals surface area contributed by atoms with Gasteiger partial charge >= 0.3 is 5.97 Å². The van der Waals surface area contributed by atoms with E-state index in [2.05, 4.69) is 15.3 Å². The Hall–Kier alpha value is -5.17. The molecule has 0 saturated carbocycles. The summed E-state index contributed by atoms with van der Waals surface area (Å²) < 4.78 is 0. The van der Waals surface area contributed by atoms with E-state index in [-0.39, 0.29) is 91.8 Å². The number of nitrogens with one attached hydrogen (secondary N) is 2. The molecule has 1 fully saturated rings. The summed E-state index contributed by atoms with van der Waals surface area (Å²) in [5, 5.41) is 22.4. The summed E-state index contributed by atoms with van der Waals surface area (Å²) in [4.78, 5) is 90.2. The Morgan fingerprint density at radius 3 is 2.17 bits per heavy atom. The second kappa shape index (κ2) is 22.1. The number of carbonyl (C=O) groups is 6. The van der Waals surface area contributed by atoms with Crippen molar-refractivity contribution in [3.8, 4) is 5.75 Å². The number of nitrogens with zero attached hydrogens (tertiary/aromatic N) is 2. The quantitative estimate of drug-likeness (QED) is 0.0857. The molecule has 1 aliphatic heterocycles. The van der Waals surface area contributed by atoms with Gasteiger partial charge in [0.25, 0.3) is 0 Å². The molecule has 0 bridgehead atoms. The molecule has 13 nitrogen and oxygen atoms in total. The van der Waals surface area contributed by atoms with Gasteiger partial charge in [-0.3, -0.25) is 28.8 Å². The molecule has 1 aliphatic rings. The highest BCUT2D eigenvalue weighted by molar-refractivity contribution is 5.95. The first-order valence-electron chi connectivity index (χ1n) is 20.6. The number of imidazole rings is 1. The minimum atomic E-state index is -0.968. The van der Waals surface area contributed by atoms with E-state index in [0.29, 0.717) is 37.9 Å². The molecule has 58 heavy (non-hydrogen) atoms. The summed E-state index contributed by atoms with van der Waals surface area (Å²) in [5.41, 5.74) is 8.52. The maximum atomic E-state index is 14.4. The predicted molar refractivity (Wildman–Crippen MR) is 219 cm³/mol. The molecular formula is C45H61N5O8. The van der Waals surface area contributed by atoms with E-state index < -0.39 is 41.7 Å². The summed E-state index contributed by atoms with van der Waals surface area (Å²) in [5.74, 6) is -5.25. The molecule has 2 aromatic carbocycles. The van der Waals surface area contributed by atoms with E-state index >= 15 is 0 Å². The highest BCUT2D eigenvalue weighted by atomic mass is 16.4. The monoisotopic (exact) mass is 799 g/mol. The molecule has 0 radical (unpaired) electrons. The van der Waals surface area contributed by atoms with Crippen LogP contribution in [0.4, 0.5) is 0 Å². The van der Waals surface area contributed by atoms with Gasteiger partial charge in [0, 0.05) is 68.9 Å². The lowest BCUT2D eigenvalue weighted by Gasteiger charge is -2.35. The second-order valence-electron chi connectivity index (χ2n) is 16.5. The number of aromatic nitrogens is 2. The fourth-order valence-corrected chi connectivity index (χ4v) is 7.81. The van der Waals surface area contributed by atoms with Crippen LogP contribution < -0.4 is 11.1 Å². The zero-order chi connectivity index (χ0) is 42.4. The number of nitrogens with two attached hydrogens (primary N) is 1. The van der Waals surface area contributed by atoms with Crippen LogP contribution in [0.2, 0.25) is 0 Å². The Morgan fingerprint density at radius 2 is 1.55 bits per heavy atom. The second-order valence-corrected chi connectivity index (χ2v) is 16.5. The van der Waals surface area contributed by atoms with Crippen LogP contribution in [0.25, 0.3) is 0 Å². The molecule has 4 rings (SSSR count). The molecule has 314 valence electrons. The van der Waals surface area contributed by atoms with E-state index in [1.807, 2.05) is 58.0 Å². The van der Waals surface area contributed by atoms with Crippen molar-refractivity contribution >= 4 is 35.1 Å². The van der Waals surface area contributed by atoms with Crippen molar-refractivity contribution in [1.29, 1.82) is 0 Å². The maximum absolute atomic E-state index is 14.4. The van der Waals surface area contributed by atoms with Crippen LogP contribution in [0.3, 0.4) is 0 Å². The van der Waals surface area contributed by atoms with Gasteiger partial charge in [0.05, 0.1) is 24.3 Å². The Bertz CT molecular complexity index is 1810. The number of hydrogen-bond donors (Lipinski definition) is 5. The number of hydrogen-bond acceptors (Lipinski definition) is 9. The van der Waals surface area contributed by atoms with Crippen LogP contribution in [0.5, 0.6) is 5.75 Å². The molecule has 1 unspecified atom stereocenters. The molecule has 1 saturated heterocycles. The van der Waals surface area contributed by atoms with Crippen molar-refractivity contribution in [2.75, 3.05) is 13.1 Å². The first-order chi connectivity index (χ1) is 27.6. The van der Waals surface area contributed by atoms with Crippen molar-refractivity contribution in [1.82, 2.24) is 20.2 Å². The molecule has 2 amide bonds. The molecule has 13 heteroatoms. The van der Waals surface area contributed by atoms with Gasteiger partial charge in [0.1, 0.15) is 11.5 Å². The van der Waals surface area contributed by atoms with Gasteiger partial charge in [-0.15, -0.1) is 0 Å². The average Bonchev–Trinajstić information content (AvgIpc) is 3.72. The molecule has 0 aliphatic carbocycles. The van der Waals surface area contributed by atoms with Crippen molar-refractivity contribution in [2.45, 2.75) is 104 Å². The van der Waals surface area contributed by atoms with Gasteiger partial charge in [-0.2, -0.15) is 0 Å². The van der Waals surface area contributed by atoms with Gasteiger partial charge in [-0.1, -0.05) is 76.6 Å². The van der Waals surface area contributed by atoms with Crippen molar-refractivity contribution < 1.29 is 39.0 Å². The Morgan fingerprint density at radius 1 is 0.879 bits per heavy atom. The number of carbonyl (C=O) groups excluding carboxylic acids is 5. The maximum Gasteiger partial charge on any atom is 0.303 e. The molecular weight excluding hydrogens is 739 g/mol. The normalized spacial score (nSPS) is 17.4. The first kappa shape index (κ1) is 45.5. The highest BCUT2D eigenvalue weighted by Crippen LogP contribution is 2.27. The summed E-state index contributed by atoms with van der Waals surface area (Å²) in [6.07, 6.45) is 5.27. The summed E-state index contributed by atoms with van der Waals surface area (Å²) in [7, 11) is 0. The fourth-order valence-electron chi connectivity index (χ4n) is 7.81. The zero-order valence-electron chi connectivity index (χ0n) is 34.3. The Balaban J connectivity index is 1.51. The number of benzene rings is 2. The van der Waals surface area contributed by atoms with Crippen LogP contribution >= 0.6 is 0 Å². The van der Waals surface area contributed by atoms with E-state index in [0.717, 1.165) is 11.1 Å². The fraction of sp³-hybridized carbons (Fsp3) is 0.533. The number of H-pyrrole nitrogens is 1. The van der Waals surface area contributed by atoms with Gasteiger partial charge in [-0.25, -0.2) is 4.98 Å². The molecule has 0 spiro atoms. The number of amides is 2. The topological polar surface area (TPSA) is 213 Å². The van der Waals surface area contributed by atoms with Gasteiger partial charge in [0.2, 0.25) is 11.8 Å². The lowest BCUT2D eigenvalue weighted by Crippen LogP contribution is -2.50. The van der Waals surface area contributed by atoms with Crippen LogP contribution in [0.1, 0.15) is 89.5 Å². The Labute approximate surface area is 341 Å². The zero-order valence-corrected chi connectivity index (χ0v) is 34.3. The van der Waals surface area contributed by atoms with Gasteiger partial charge in [-0.05, 0) is 66.7 Å². The third-order valence-corrected chi connectivity index (χ3v) is 11.5. The summed E-state index contributed by atoms with van der Waals surface area (Å²) in [6.45, 7) is 8.03. The number of aliphatic carboxylic acids is 1. The van der Waals surface area contributed by atoms with Crippen LogP contribution in [-0.4, -0.2) is 85.4 Å². The van der Waals surface area contributed by atoms with Crippen LogP contribution in [-0.2, 0) is 48.0 Å². The van der Waals surface area contributed by atoms with E-state index in [1.54, 1.807) is 23.2 Å². The smallest absolute Gasteiger partial charge is 0.303 e. The molecule has 3 aromatic rings. The number of likely N-dealkylation sites (tertiary alicyclic amines) is 1. The SMILES string of the molecule is CCC(C)[C@H](NC(=O)[C@@H](CC(=O)[C@@H](N)C(C)C)Cc1ccc(O)cc1)C(=O)C[C@@H](Cc1cnc[nH]1)C(=O)N1CCC[C@@H](C(=O)C[C@H](CC(=O)O)Cc2ccccc2)C1. The largest absolute Gasteiger partial charge is 0.508 e. The number of ketones is 3. The number of phenolic OH excluding ortho intramolecular Hbond substituents is 1. The lowest BCUT2D eigenvalue weighted by atomic mass is 9.83. The van der Waals surface area contributed by atoms with Crippen molar-refractivity contribution in [3.63, 3.8) is 0 Å². The number of aromatic hydroxyl groups is 1. The number of Topliss-reactive ketones (excluding diaryl/α,β-unsaturated/α-hetero) is 3.